The van der Waals surface area contributed by atoms with Crippen LogP contribution in [0.2, 0.25) is 23.2 Å². The number of aromatic nitrogens is 2. The lowest BCUT2D eigenvalue weighted by Gasteiger charge is -2.39. The van der Waals surface area contributed by atoms with Crippen LogP contribution in [-0.4, -0.2) is 121 Å². The molecular formula is C57H76ClN7O7Si. The lowest BCUT2D eigenvalue weighted by Crippen LogP contribution is -2.57. The summed E-state index contributed by atoms with van der Waals surface area (Å²) in [5.41, 5.74) is 7.01. The third kappa shape index (κ3) is 14.9. The van der Waals surface area contributed by atoms with Gasteiger partial charge in [-0.1, -0.05) is 87.8 Å². The van der Waals surface area contributed by atoms with Crippen molar-refractivity contribution < 1.29 is 33.4 Å². The number of carbonyl (C=O) groups excluding carboxylic acids is 3. The molecule has 3 amide bonds. The molecule has 0 saturated carbocycles. The van der Waals surface area contributed by atoms with Crippen LogP contribution in [0.3, 0.4) is 0 Å². The number of hydrogen-bond donors (Lipinski definition) is 3. The van der Waals surface area contributed by atoms with Crippen molar-refractivity contribution in [2.75, 3.05) is 47.9 Å². The second-order valence-corrected chi connectivity index (χ2v) is 26.5. The number of aliphatic carboxylic acids is 1. The molecular weight excluding hydrogens is 958 g/mol. The summed E-state index contributed by atoms with van der Waals surface area (Å²) in [5.74, 6) is -0.845. The van der Waals surface area contributed by atoms with Gasteiger partial charge in [0, 0.05) is 50.4 Å². The zero-order chi connectivity index (χ0) is 53.2. The summed E-state index contributed by atoms with van der Waals surface area (Å²) in [6, 6.07) is 27.6. The molecule has 0 saturated heterocycles. The van der Waals surface area contributed by atoms with E-state index < -0.39 is 38.2 Å². The van der Waals surface area contributed by atoms with Gasteiger partial charge in [0.25, 0.3) is 0 Å². The SMILES string of the molecule is CCc1ccc(CNCC(=O)N[C@@H](CO[Si](C)(C)C(C)(C)C)C(=O)N(C)[C@H](Cc2ccc(Cl)cc2)CN(C)C(=O)[C@@H](CC(=O)O)[C@@H]2CCc3ccccc32)c(Oc2ccc(-c3cnc(CN(C)C)n3C)cc2)c1. The summed E-state index contributed by atoms with van der Waals surface area (Å²) in [6.45, 7) is 13.6. The minimum atomic E-state index is -2.41. The Morgan fingerprint density at radius 3 is 2.27 bits per heavy atom. The van der Waals surface area contributed by atoms with Gasteiger partial charge in [-0.2, -0.15) is 0 Å². The third-order valence-corrected chi connectivity index (χ3v) is 19.4. The van der Waals surface area contributed by atoms with Gasteiger partial charge in [0.1, 0.15) is 23.4 Å². The number of imidazole rings is 1. The number of nitrogens with zero attached hydrogens (tertiary/aromatic N) is 5. The number of nitrogens with one attached hydrogen (secondary N) is 2. The molecule has 0 unspecified atom stereocenters. The van der Waals surface area contributed by atoms with Crippen molar-refractivity contribution in [3.8, 4) is 22.8 Å². The Bertz CT molecular complexity index is 2690. The number of aryl methyl sites for hydroxylation is 2. The highest BCUT2D eigenvalue weighted by atomic mass is 35.5. The van der Waals surface area contributed by atoms with E-state index in [1.54, 1.807) is 36.0 Å². The maximum Gasteiger partial charge on any atom is 0.304 e. The van der Waals surface area contributed by atoms with E-state index in [1.807, 2.05) is 100 Å². The van der Waals surface area contributed by atoms with Crippen LogP contribution < -0.4 is 15.4 Å². The van der Waals surface area contributed by atoms with Crippen LogP contribution in [0.1, 0.15) is 80.1 Å². The van der Waals surface area contributed by atoms with Gasteiger partial charge in [-0.3, -0.25) is 19.2 Å². The number of halogens is 1. The minimum absolute atomic E-state index is 0.0529. The van der Waals surface area contributed by atoms with Crippen molar-refractivity contribution in [3.05, 3.63) is 136 Å². The second-order valence-electron chi connectivity index (χ2n) is 21.3. The van der Waals surface area contributed by atoms with Crippen LogP contribution in [0.5, 0.6) is 11.5 Å². The molecule has 6 rings (SSSR count). The van der Waals surface area contributed by atoms with E-state index in [4.69, 9.17) is 20.8 Å². The molecule has 16 heteroatoms. The highest BCUT2D eigenvalue weighted by Gasteiger charge is 2.41. The molecule has 0 radical (unpaired) electrons. The first-order valence-corrected chi connectivity index (χ1v) is 28.6. The van der Waals surface area contributed by atoms with Gasteiger partial charge in [0.2, 0.25) is 17.7 Å². The average Bonchev–Trinajstić information content (AvgIpc) is 3.94. The summed E-state index contributed by atoms with van der Waals surface area (Å²) < 4.78 is 15.2. The van der Waals surface area contributed by atoms with Crippen LogP contribution in [-0.2, 0) is 63.0 Å². The number of amides is 3. The zero-order valence-corrected chi connectivity index (χ0v) is 46.4. The van der Waals surface area contributed by atoms with E-state index in [2.05, 4.69) is 71.9 Å². The monoisotopic (exact) mass is 1030 g/mol. The number of benzene rings is 4. The number of carboxylic acids is 1. The van der Waals surface area contributed by atoms with E-state index in [0.717, 1.165) is 64.3 Å². The molecule has 0 aliphatic heterocycles. The standard InChI is InChI=1S/C57H76ClN7O7Si/c1-12-38-17-20-42(51(30-38)72-45-26-21-41(22-27-45)50-33-60-52(65(50)9)36-62(5)6)32-59-34-53(66)61-49(37-71-73(10,11)57(2,3)4)56(70)64(8)44(29-39-18-24-43(58)25-19-39)35-63(7)55(69)48(31-54(67)68)47-28-23-40-15-13-14-16-46(40)47/h13-22,24-27,30,33,44,47-49,59H,12,23,28-29,31-32,34-37H2,1-11H3,(H,61,66)(H,67,68)/t44-,47-,48+,49+/m1/s1. The van der Waals surface area contributed by atoms with Crippen LogP contribution >= 0.6 is 11.6 Å². The first-order chi connectivity index (χ1) is 34.5. The van der Waals surface area contributed by atoms with Crippen LogP contribution in [0.4, 0.5) is 0 Å². The molecule has 4 aromatic carbocycles. The molecule has 0 spiro atoms. The molecule has 1 aliphatic rings. The molecule has 392 valence electrons. The maximum atomic E-state index is 14.9. The number of likely N-dealkylation sites (N-methyl/N-ethyl adjacent to an activating group) is 2. The lowest BCUT2D eigenvalue weighted by molar-refractivity contribution is -0.145. The molecule has 4 atom stereocenters. The Hall–Kier alpha value is -5.84. The average molecular weight is 1030 g/mol. The van der Waals surface area contributed by atoms with Crippen molar-refractivity contribution in [1.82, 2.24) is 34.9 Å². The number of rotatable bonds is 24. The van der Waals surface area contributed by atoms with Crippen molar-refractivity contribution in [1.29, 1.82) is 0 Å². The fourth-order valence-electron chi connectivity index (χ4n) is 9.19. The fourth-order valence-corrected chi connectivity index (χ4v) is 10.3. The topological polar surface area (TPSA) is 159 Å². The predicted octanol–water partition coefficient (Wildman–Crippen LogP) is 9.10. The van der Waals surface area contributed by atoms with Crippen LogP contribution in [0, 0.1) is 5.92 Å². The molecule has 1 aliphatic carbocycles. The van der Waals surface area contributed by atoms with Crippen molar-refractivity contribution in [2.24, 2.45) is 13.0 Å². The minimum Gasteiger partial charge on any atom is -0.481 e. The van der Waals surface area contributed by atoms with Crippen LogP contribution in [0.25, 0.3) is 11.3 Å². The highest BCUT2D eigenvalue weighted by molar-refractivity contribution is 6.74. The molecule has 0 fully saturated rings. The van der Waals surface area contributed by atoms with Gasteiger partial charge >= 0.3 is 5.97 Å². The van der Waals surface area contributed by atoms with E-state index >= 15 is 0 Å². The molecule has 73 heavy (non-hydrogen) atoms. The number of carboxylic acid groups (broad SMARTS) is 1. The van der Waals surface area contributed by atoms with Gasteiger partial charge in [0.15, 0.2) is 8.32 Å². The Labute approximate surface area is 438 Å². The quantitative estimate of drug-likeness (QED) is 0.0510. The number of hydrogen-bond acceptors (Lipinski definition) is 9. The largest absolute Gasteiger partial charge is 0.481 e. The van der Waals surface area contributed by atoms with Gasteiger partial charge in [-0.05, 0) is 129 Å². The Kier molecular flexibility index (Phi) is 19.3. The molecule has 1 aromatic heterocycles. The zero-order valence-electron chi connectivity index (χ0n) is 44.6. The fraction of sp³-hybridized carbons (Fsp3) is 0.456. The Morgan fingerprint density at radius 2 is 1.62 bits per heavy atom. The summed E-state index contributed by atoms with van der Waals surface area (Å²) >= 11 is 6.29. The first kappa shape index (κ1) is 56.5. The Morgan fingerprint density at radius 1 is 0.932 bits per heavy atom. The number of fused-ring (bicyclic) bond motifs is 1. The number of ether oxygens (including phenoxy) is 1. The first-order valence-electron chi connectivity index (χ1n) is 25.3. The van der Waals surface area contributed by atoms with E-state index in [0.29, 0.717) is 35.9 Å². The van der Waals surface area contributed by atoms with Gasteiger partial charge in [0.05, 0.1) is 50.0 Å². The van der Waals surface area contributed by atoms with Crippen molar-refractivity contribution >= 4 is 43.6 Å². The normalized spacial score (nSPS) is 14.8. The maximum absolute atomic E-state index is 14.9. The molecule has 14 nitrogen and oxygen atoms in total. The Balaban J connectivity index is 1.18. The van der Waals surface area contributed by atoms with Gasteiger partial charge < -0.3 is 44.2 Å². The number of carbonyl (C=O) groups is 4. The summed E-state index contributed by atoms with van der Waals surface area (Å²) in [6.07, 6.45) is 4.19. The second kappa shape index (κ2) is 24.9. The molecule has 5 aromatic rings. The van der Waals surface area contributed by atoms with Crippen molar-refractivity contribution in [3.63, 3.8) is 0 Å². The lowest BCUT2D eigenvalue weighted by atomic mass is 9.84. The molecule has 1 heterocycles. The summed E-state index contributed by atoms with van der Waals surface area (Å²) in [5, 5.41) is 16.7. The molecule has 0 bridgehead atoms. The van der Waals surface area contributed by atoms with Gasteiger partial charge in [-0.15, -0.1) is 0 Å². The van der Waals surface area contributed by atoms with Crippen molar-refractivity contribution in [2.45, 2.75) is 109 Å². The van der Waals surface area contributed by atoms with E-state index in [9.17, 15) is 24.3 Å². The summed E-state index contributed by atoms with van der Waals surface area (Å²) in [4.78, 5) is 65.6. The molecule has 3 N–H and O–H groups in total. The van der Waals surface area contributed by atoms with Gasteiger partial charge in [-0.25, -0.2) is 4.98 Å². The summed E-state index contributed by atoms with van der Waals surface area (Å²) in [7, 11) is 7.00. The smallest absolute Gasteiger partial charge is 0.304 e. The highest BCUT2D eigenvalue weighted by Crippen LogP contribution is 2.41. The third-order valence-electron chi connectivity index (χ3n) is 14.6. The van der Waals surface area contributed by atoms with Crippen LogP contribution in [0.15, 0.2) is 97.2 Å². The predicted molar refractivity (Wildman–Crippen MR) is 291 cm³/mol. The van der Waals surface area contributed by atoms with E-state index in [-0.39, 0.29) is 48.9 Å². The van der Waals surface area contributed by atoms with E-state index in [1.165, 1.54) is 0 Å².